The van der Waals surface area contributed by atoms with Crippen molar-refractivity contribution in [2.24, 2.45) is 0 Å². The van der Waals surface area contributed by atoms with Crippen molar-refractivity contribution in [2.75, 3.05) is 31.6 Å². The van der Waals surface area contributed by atoms with Gasteiger partial charge in [-0.3, -0.25) is 0 Å². The molecule has 1 N–H and O–H groups in total. The van der Waals surface area contributed by atoms with Crippen LogP contribution in [0.5, 0.6) is 0 Å². The number of rotatable bonds is 6. The summed E-state index contributed by atoms with van der Waals surface area (Å²) in [6.07, 6.45) is 7.55. The molecule has 0 saturated carbocycles. The molecule has 0 spiro atoms. The molecule has 0 bridgehead atoms. The molecule has 0 aromatic heterocycles. The summed E-state index contributed by atoms with van der Waals surface area (Å²) in [5, 5.41) is 3.80. The van der Waals surface area contributed by atoms with Crippen LogP contribution in [0.1, 0.15) is 39.5 Å². The van der Waals surface area contributed by atoms with Crippen LogP contribution in [0.3, 0.4) is 0 Å². The molecule has 2 unspecified atom stereocenters. The van der Waals surface area contributed by atoms with Crippen LogP contribution in [-0.4, -0.2) is 48.6 Å². The monoisotopic (exact) mass is 244 g/mol. The van der Waals surface area contributed by atoms with Crippen molar-refractivity contribution < 1.29 is 0 Å². The van der Waals surface area contributed by atoms with Crippen LogP contribution in [0.15, 0.2) is 0 Å². The maximum absolute atomic E-state index is 3.80. The molecule has 3 heteroatoms. The second kappa shape index (κ2) is 8.37. The first-order valence-electron chi connectivity index (χ1n) is 6.73. The van der Waals surface area contributed by atoms with Gasteiger partial charge in [0.25, 0.3) is 0 Å². The smallest absolute Gasteiger partial charge is 0.00821 e. The van der Waals surface area contributed by atoms with E-state index in [2.05, 4.69) is 30.3 Å². The Labute approximate surface area is 106 Å². The normalized spacial score (nSPS) is 25.3. The Bertz CT molecular complexity index is 175. The second-order valence-corrected chi connectivity index (χ2v) is 5.90. The van der Waals surface area contributed by atoms with Crippen molar-refractivity contribution in [1.82, 2.24) is 10.2 Å². The number of likely N-dealkylation sites (tertiary alicyclic amines) is 1. The standard InChI is InChI=1S/C13H28N2S/c1-4-15-9-5-6-13(7-10-15)14-12(2)8-11-16-3/h12-14H,4-11H2,1-3H3. The Kier molecular flexibility index (Phi) is 7.50. The van der Waals surface area contributed by atoms with Gasteiger partial charge in [-0.15, -0.1) is 0 Å². The van der Waals surface area contributed by atoms with E-state index < -0.39 is 0 Å². The number of hydrogen-bond donors (Lipinski definition) is 1. The molecule has 1 aliphatic heterocycles. The van der Waals surface area contributed by atoms with E-state index >= 15 is 0 Å². The van der Waals surface area contributed by atoms with E-state index in [0.717, 1.165) is 6.04 Å². The van der Waals surface area contributed by atoms with Gasteiger partial charge >= 0.3 is 0 Å². The van der Waals surface area contributed by atoms with Gasteiger partial charge in [0.2, 0.25) is 0 Å². The second-order valence-electron chi connectivity index (χ2n) is 4.91. The van der Waals surface area contributed by atoms with Crippen LogP contribution in [0.25, 0.3) is 0 Å². The topological polar surface area (TPSA) is 15.3 Å². The van der Waals surface area contributed by atoms with Crippen molar-refractivity contribution in [3.8, 4) is 0 Å². The number of nitrogens with one attached hydrogen (secondary N) is 1. The number of hydrogen-bond acceptors (Lipinski definition) is 3. The molecular formula is C13H28N2S. The van der Waals surface area contributed by atoms with Crippen LogP contribution in [0, 0.1) is 0 Å². The van der Waals surface area contributed by atoms with Gasteiger partial charge < -0.3 is 10.2 Å². The van der Waals surface area contributed by atoms with E-state index in [1.165, 1.54) is 51.1 Å². The maximum atomic E-state index is 3.80. The molecule has 0 radical (unpaired) electrons. The van der Waals surface area contributed by atoms with E-state index in [-0.39, 0.29) is 0 Å². The third kappa shape index (κ3) is 5.55. The minimum atomic E-state index is 0.686. The van der Waals surface area contributed by atoms with Crippen LogP contribution >= 0.6 is 11.8 Å². The molecule has 0 aromatic carbocycles. The van der Waals surface area contributed by atoms with Gasteiger partial charge in [0.05, 0.1) is 0 Å². The quantitative estimate of drug-likeness (QED) is 0.773. The van der Waals surface area contributed by atoms with Gasteiger partial charge in [0.1, 0.15) is 0 Å². The van der Waals surface area contributed by atoms with Gasteiger partial charge in [0.15, 0.2) is 0 Å². The lowest BCUT2D eigenvalue weighted by atomic mass is 10.1. The summed E-state index contributed by atoms with van der Waals surface area (Å²) in [6.45, 7) is 8.40. The van der Waals surface area contributed by atoms with E-state index in [0.29, 0.717) is 6.04 Å². The maximum Gasteiger partial charge on any atom is 0.00821 e. The summed E-state index contributed by atoms with van der Waals surface area (Å²) in [4.78, 5) is 2.58. The fourth-order valence-corrected chi connectivity index (χ4v) is 3.01. The van der Waals surface area contributed by atoms with Gasteiger partial charge in [-0.05, 0) is 64.2 Å². The van der Waals surface area contributed by atoms with E-state index in [1.54, 1.807) is 0 Å². The van der Waals surface area contributed by atoms with Gasteiger partial charge in [0, 0.05) is 12.1 Å². The lowest BCUT2D eigenvalue weighted by molar-refractivity contribution is 0.295. The Morgan fingerprint density at radius 1 is 1.38 bits per heavy atom. The highest BCUT2D eigenvalue weighted by Crippen LogP contribution is 2.12. The van der Waals surface area contributed by atoms with Crippen molar-refractivity contribution in [3.05, 3.63) is 0 Å². The van der Waals surface area contributed by atoms with Crippen molar-refractivity contribution in [2.45, 2.75) is 51.6 Å². The average molecular weight is 244 g/mol. The zero-order valence-electron chi connectivity index (χ0n) is 11.2. The summed E-state index contributed by atoms with van der Waals surface area (Å²) < 4.78 is 0. The summed E-state index contributed by atoms with van der Waals surface area (Å²) in [5.74, 6) is 1.28. The van der Waals surface area contributed by atoms with E-state index in [9.17, 15) is 0 Å². The number of thioether (sulfide) groups is 1. The van der Waals surface area contributed by atoms with Crippen molar-refractivity contribution >= 4 is 11.8 Å². The van der Waals surface area contributed by atoms with Gasteiger partial charge in [-0.25, -0.2) is 0 Å². The average Bonchev–Trinajstić information content (AvgIpc) is 2.51. The molecule has 1 heterocycles. The van der Waals surface area contributed by atoms with E-state index in [1.807, 2.05) is 11.8 Å². The molecule has 1 saturated heterocycles. The molecule has 0 aliphatic carbocycles. The predicted molar refractivity (Wildman–Crippen MR) is 75.3 cm³/mol. The molecule has 1 aliphatic rings. The molecular weight excluding hydrogens is 216 g/mol. The lowest BCUT2D eigenvalue weighted by Crippen LogP contribution is -2.37. The third-order valence-electron chi connectivity index (χ3n) is 3.54. The first-order chi connectivity index (χ1) is 7.76. The Balaban J connectivity index is 2.21. The lowest BCUT2D eigenvalue weighted by Gasteiger charge is -2.22. The molecule has 1 fully saturated rings. The van der Waals surface area contributed by atoms with Gasteiger partial charge in [-0.1, -0.05) is 6.92 Å². The molecule has 96 valence electrons. The van der Waals surface area contributed by atoms with Crippen molar-refractivity contribution in [3.63, 3.8) is 0 Å². The zero-order chi connectivity index (χ0) is 11.8. The third-order valence-corrected chi connectivity index (χ3v) is 4.19. The Morgan fingerprint density at radius 2 is 2.19 bits per heavy atom. The Hall–Kier alpha value is 0.270. The molecule has 2 atom stereocenters. The van der Waals surface area contributed by atoms with Gasteiger partial charge in [-0.2, -0.15) is 11.8 Å². The molecule has 0 amide bonds. The fraction of sp³-hybridized carbons (Fsp3) is 1.00. The zero-order valence-corrected chi connectivity index (χ0v) is 12.0. The summed E-state index contributed by atoms with van der Waals surface area (Å²) in [6, 6.07) is 1.44. The largest absolute Gasteiger partial charge is 0.311 e. The fourth-order valence-electron chi connectivity index (χ4n) is 2.42. The van der Waals surface area contributed by atoms with Crippen LogP contribution < -0.4 is 5.32 Å². The summed E-state index contributed by atoms with van der Waals surface area (Å²) >= 11 is 1.95. The highest BCUT2D eigenvalue weighted by Gasteiger charge is 2.17. The SMILES string of the molecule is CCN1CCCC(NC(C)CCSC)CC1. The minimum Gasteiger partial charge on any atom is -0.311 e. The molecule has 16 heavy (non-hydrogen) atoms. The molecule has 2 nitrogen and oxygen atoms in total. The minimum absolute atomic E-state index is 0.686. The van der Waals surface area contributed by atoms with Crippen LogP contribution in [0.2, 0.25) is 0 Å². The predicted octanol–water partition coefficient (Wildman–Crippen LogP) is 2.59. The number of nitrogens with zero attached hydrogens (tertiary/aromatic N) is 1. The highest BCUT2D eigenvalue weighted by atomic mass is 32.2. The first-order valence-corrected chi connectivity index (χ1v) is 8.13. The summed E-state index contributed by atoms with van der Waals surface area (Å²) in [5.41, 5.74) is 0. The van der Waals surface area contributed by atoms with Crippen molar-refractivity contribution in [1.29, 1.82) is 0 Å². The molecule has 1 rings (SSSR count). The Morgan fingerprint density at radius 3 is 2.88 bits per heavy atom. The van der Waals surface area contributed by atoms with E-state index in [4.69, 9.17) is 0 Å². The molecule has 0 aromatic rings. The first kappa shape index (κ1) is 14.3. The van der Waals surface area contributed by atoms with Crippen LogP contribution in [0.4, 0.5) is 0 Å². The summed E-state index contributed by atoms with van der Waals surface area (Å²) in [7, 11) is 0. The highest BCUT2D eigenvalue weighted by molar-refractivity contribution is 7.98. The van der Waals surface area contributed by atoms with Crippen LogP contribution in [-0.2, 0) is 0 Å².